The molecular weight excluding hydrogens is 200 g/mol. The molecular formula is C9H14N2O4. The molecule has 2 N–H and O–H groups in total. The molecule has 0 aromatic heterocycles. The molecule has 6 heteroatoms. The number of ether oxygens (including phenoxy) is 1. The van der Waals surface area contributed by atoms with E-state index in [2.05, 4.69) is 10.8 Å². The SMILES string of the molecule is CC(C)(C)OC(=O)N[C@H]1CONC1=C=O. The van der Waals surface area contributed by atoms with Gasteiger partial charge in [-0.05, 0) is 20.8 Å². The standard InChI is InChI=1S/C9H14N2O4/c1-9(2,3)15-8(13)10-7-5-14-11-6(7)4-12/h7,11H,5H2,1-3H3,(H,10,13)/t7-/m0/s1. The smallest absolute Gasteiger partial charge is 0.408 e. The van der Waals surface area contributed by atoms with Crippen LogP contribution in [0.5, 0.6) is 0 Å². The van der Waals surface area contributed by atoms with Crippen molar-refractivity contribution < 1.29 is 19.2 Å². The highest BCUT2D eigenvalue weighted by atomic mass is 16.7. The van der Waals surface area contributed by atoms with Gasteiger partial charge in [-0.2, -0.15) is 0 Å². The van der Waals surface area contributed by atoms with Crippen molar-refractivity contribution in [1.82, 2.24) is 10.8 Å². The lowest BCUT2D eigenvalue weighted by atomic mass is 10.2. The number of rotatable bonds is 1. The highest BCUT2D eigenvalue weighted by molar-refractivity contribution is 5.70. The van der Waals surface area contributed by atoms with Gasteiger partial charge in [0.1, 0.15) is 29.9 Å². The number of carbonyl (C=O) groups is 1. The third kappa shape index (κ3) is 3.61. The monoisotopic (exact) mass is 214 g/mol. The fourth-order valence-corrected chi connectivity index (χ4v) is 1.01. The minimum absolute atomic E-state index is 0.167. The third-order valence-corrected chi connectivity index (χ3v) is 1.58. The fourth-order valence-electron chi connectivity index (χ4n) is 1.01. The lowest BCUT2D eigenvalue weighted by Gasteiger charge is -2.20. The van der Waals surface area contributed by atoms with Crippen LogP contribution in [0.3, 0.4) is 0 Å². The number of hydroxylamine groups is 1. The molecule has 6 nitrogen and oxygen atoms in total. The second-order valence-electron chi connectivity index (χ2n) is 4.13. The first-order valence-electron chi connectivity index (χ1n) is 4.54. The van der Waals surface area contributed by atoms with Gasteiger partial charge in [0.25, 0.3) is 0 Å². The molecule has 0 aromatic rings. The Hall–Kier alpha value is -1.52. The molecule has 0 aliphatic carbocycles. The van der Waals surface area contributed by atoms with Crippen molar-refractivity contribution in [3.63, 3.8) is 0 Å². The average Bonchev–Trinajstić information content (AvgIpc) is 2.48. The summed E-state index contributed by atoms with van der Waals surface area (Å²) in [5.74, 6) is 1.64. The predicted molar refractivity (Wildman–Crippen MR) is 51.5 cm³/mol. The molecule has 1 aliphatic heterocycles. The molecule has 0 spiro atoms. The van der Waals surface area contributed by atoms with Crippen molar-refractivity contribution in [2.45, 2.75) is 32.4 Å². The Labute approximate surface area is 87.6 Å². The quantitative estimate of drug-likeness (QED) is 0.607. The van der Waals surface area contributed by atoms with E-state index < -0.39 is 17.7 Å². The summed E-state index contributed by atoms with van der Waals surface area (Å²) in [4.78, 5) is 26.5. The number of hydrogen-bond donors (Lipinski definition) is 2. The van der Waals surface area contributed by atoms with E-state index >= 15 is 0 Å². The van der Waals surface area contributed by atoms with Gasteiger partial charge in [0.2, 0.25) is 0 Å². The van der Waals surface area contributed by atoms with Gasteiger partial charge in [-0.15, -0.1) is 0 Å². The van der Waals surface area contributed by atoms with E-state index in [9.17, 15) is 9.59 Å². The van der Waals surface area contributed by atoms with Gasteiger partial charge in [-0.3, -0.25) is 10.3 Å². The zero-order chi connectivity index (χ0) is 11.5. The largest absolute Gasteiger partial charge is 0.444 e. The van der Waals surface area contributed by atoms with Gasteiger partial charge >= 0.3 is 6.09 Å². The molecule has 0 radical (unpaired) electrons. The fraction of sp³-hybridized carbons (Fsp3) is 0.667. The van der Waals surface area contributed by atoms with Crippen molar-refractivity contribution in [2.24, 2.45) is 0 Å². The summed E-state index contributed by atoms with van der Waals surface area (Å²) in [7, 11) is 0. The van der Waals surface area contributed by atoms with E-state index in [4.69, 9.17) is 9.57 Å². The van der Waals surface area contributed by atoms with Gasteiger partial charge in [0.15, 0.2) is 0 Å². The molecule has 1 saturated heterocycles. The van der Waals surface area contributed by atoms with Crippen LogP contribution >= 0.6 is 0 Å². The molecule has 1 amide bonds. The van der Waals surface area contributed by atoms with E-state index in [1.807, 2.05) is 0 Å². The first-order chi connectivity index (χ1) is 6.92. The summed E-state index contributed by atoms with van der Waals surface area (Å²) in [6.45, 7) is 5.45. The zero-order valence-corrected chi connectivity index (χ0v) is 8.92. The number of alkyl carbamates (subject to hydrolysis) is 1. The van der Waals surface area contributed by atoms with Crippen molar-refractivity contribution in [3.8, 4) is 0 Å². The highest BCUT2D eigenvalue weighted by Crippen LogP contribution is 2.09. The molecule has 1 aliphatic rings. The van der Waals surface area contributed by atoms with Crippen LogP contribution in [0.4, 0.5) is 4.79 Å². The Morgan fingerprint density at radius 3 is 2.87 bits per heavy atom. The van der Waals surface area contributed by atoms with Crippen molar-refractivity contribution in [1.29, 1.82) is 0 Å². The molecule has 15 heavy (non-hydrogen) atoms. The lowest BCUT2D eigenvalue weighted by molar-refractivity contribution is 0.0493. The molecule has 1 rings (SSSR count). The van der Waals surface area contributed by atoms with E-state index in [0.717, 1.165) is 0 Å². The molecule has 0 aromatic carbocycles. The van der Waals surface area contributed by atoms with Crippen LogP contribution in [0.15, 0.2) is 5.70 Å². The maximum absolute atomic E-state index is 11.3. The normalized spacial score (nSPS) is 20.5. The van der Waals surface area contributed by atoms with Gasteiger partial charge in [-0.1, -0.05) is 0 Å². The number of nitrogens with one attached hydrogen (secondary N) is 2. The predicted octanol–water partition coefficient (Wildman–Crippen LogP) is 0.130. The molecule has 1 fully saturated rings. The van der Waals surface area contributed by atoms with Crippen LogP contribution in [0.25, 0.3) is 0 Å². The molecule has 0 unspecified atom stereocenters. The summed E-state index contributed by atoms with van der Waals surface area (Å²) < 4.78 is 5.02. The third-order valence-electron chi connectivity index (χ3n) is 1.58. The van der Waals surface area contributed by atoms with E-state index in [-0.39, 0.29) is 12.3 Å². The maximum atomic E-state index is 11.3. The Bertz CT molecular complexity index is 302. The number of hydrogen-bond acceptors (Lipinski definition) is 5. The summed E-state index contributed by atoms with van der Waals surface area (Å²) in [6.07, 6.45) is -0.590. The van der Waals surface area contributed by atoms with Crippen LogP contribution in [-0.4, -0.2) is 30.3 Å². The van der Waals surface area contributed by atoms with E-state index in [0.29, 0.717) is 0 Å². The molecule has 84 valence electrons. The van der Waals surface area contributed by atoms with E-state index in [1.165, 1.54) is 0 Å². The summed E-state index contributed by atoms with van der Waals surface area (Å²) >= 11 is 0. The lowest BCUT2D eigenvalue weighted by Crippen LogP contribution is -2.40. The first-order valence-corrected chi connectivity index (χ1v) is 4.54. The van der Waals surface area contributed by atoms with Gasteiger partial charge in [0.05, 0.1) is 0 Å². The van der Waals surface area contributed by atoms with Crippen molar-refractivity contribution >= 4 is 12.0 Å². The van der Waals surface area contributed by atoms with E-state index in [1.54, 1.807) is 26.7 Å². The Kier molecular flexibility index (Phi) is 3.34. The highest BCUT2D eigenvalue weighted by Gasteiger charge is 2.27. The van der Waals surface area contributed by atoms with Crippen LogP contribution in [0.2, 0.25) is 0 Å². The Morgan fingerprint density at radius 1 is 1.67 bits per heavy atom. The minimum atomic E-state index is -0.590. The Morgan fingerprint density at radius 2 is 2.33 bits per heavy atom. The minimum Gasteiger partial charge on any atom is -0.444 e. The molecule has 0 bridgehead atoms. The average molecular weight is 214 g/mol. The van der Waals surface area contributed by atoms with Crippen molar-refractivity contribution in [3.05, 3.63) is 5.70 Å². The molecule has 0 saturated carbocycles. The number of carbonyl (C=O) groups excluding carboxylic acids is 2. The molecule has 1 atom stereocenters. The summed E-state index contributed by atoms with van der Waals surface area (Å²) in [6, 6.07) is -0.516. The maximum Gasteiger partial charge on any atom is 0.408 e. The van der Waals surface area contributed by atoms with Gasteiger partial charge in [-0.25, -0.2) is 9.59 Å². The summed E-state index contributed by atoms with van der Waals surface area (Å²) in [5.41, 5.74) is 1.95. The topological polar surface area (TPSA) is 76.7 Å². The van der Waals surface area contributed by atoms with Gasteiger partial charge < -0.3 is 10.1 Å². The van der Waals surface area contributed by atoms with Crippen LogP contribution < -0.4 is 10.8 Å². The van der Waals surface area contributed by atoms with Crippen LogP contribution in [0.1, 0.15) is 20.8 Å². The first kappa shape index (κ1) is 11.6. The summed E-state index contributed by atoms with van der Waals surface area (Å²) in [5, 5.41) is 2.49. The van der Waals surface area contributed by atoms with Crippen molar-refractivity contribution in [2.75, 3.05) is 6.61 Å². The van der Waals surface area contributed by atoms with Crippen LogP contribution in [-0.2, 0) is 14.4 Å². The molecule has 1 heterocycles. The second kappa shape index (κ2) is 4.33. The Balaban J connectivity index is 2.48. The second-order valence-corrected chi connectivity index (χ2v) is 4.13. The van der Waals surface area contributed by atoms with Crippen LogP contribution in [0, 0.1) is 0 Å². The number of amides is 1. The zero-order valence-electron chi connectivity index (χ0n) is 8.92. The van der Waals surface area contributed by atoms with Gasteiger partial charge in [0, 0.05) is 0 Å².